The van der Waals surface area contributed by atoms with Gasteiger partial charge in [-0.25, -0.2) is 9.78 Å². The summed E-state index contributed by atoms with van der Waals surface area (Å²) in [5.41, 5.74) is 1.05. The van der Waals surface area contributed by atoms with Crippen molar-refractivity contribution in [3.05, 3.63) is 51.8 Å². The fraction of sp³-hybridized carbons (Fsp3) is 0.286. The quantitative estimate of drug-likeness (QED) is 0.487. The minimum atomic E-state index is -0.437. The molecule has 0 unspecified atom stereocenters. The first-order valence-corrected chi connectivity index (χ1v) is 10.8. The Labute approximate surface area is 176 Å². The maximum Gasteiger partial charge on any atom is 0.347 e. The van der Waals surface area contributed by atoms with E-state index in [4.69, 9.17) is 16.0 Å². The number of benzene rings is 1. The van der Waals surface area contributed by atoms with Gasteiger partial charge in [0.05, 0.1) is 15.3 Å². The summed E-state index contributed by atoms with van der Waals surface area (Å²) in [4.78, 5) is 26.5. The highest BCUT2D eigenvalue weighted by atomic mass is 35.5. The molecular weight excluding hydrogens is 408 g/mol. The lowest BCUT2D eigenvalue weighted by molar-refractivity contribution is 0.270. The average molecular weight is 427 g/mol. The van der Waals surface area contributed by atoms with Crippen molar-refractivity contribution in [2.24, 2.45) is 0 Å². The van der Waals surface area contributed by atoms with Crippen LogP contribution in [-0.2, 0) is 0 Å². The Morgan fingerprint density at radius 3 is 2.72 bits per heavy atom. The van der Waals surface area contributed by atoms with Crippen LogP contribution in [0.25, 0.3) is 31.9 Å². The van der Waals surface area contributed by atoms with E-state index in [0.717, 1.165) is 48.6 Å². The zero-order valence-corrected chi connectivity index (χ0v) is 17.5. The number of nitrogens with zero attached hydrogens (tertiary/aromatic N) is 4. The van der Waals surface area contributed by atoms with Crippen LogP contribution in [-0.4, -0.2) is 47.6 Å². The number of anilines is 1. The minimum Gasteiger partial charge on any atom is -0.403 e. The Morgan fingerprint density at radius 1 is 1.14 bits per heavy atom. The molecule has 0 saturated carbocycles. The molecule has 0 radical (unpaired) electrons. The van der Waals surface area contributed by atoms with Crippen molar-refractivity contribution in [1.29, 1.82) is 0 Å². The third-order valence-corrected chi connectivity index (χ3v) is 6.69. The maximum absolute atomic E-state index is 12.7. The van der Waals surface area contributed by atoms with E-state index < -0.39 is 5.63 Å². The number of halogens is 1. The molecule has 29 heavy (non-hydrogen) atoms. The largest absolute Gasteiger partial charge is 0.403 e. The lowest BCUT2D eigenvalue weighted by Crippen LogP contribution is -2.46. The zero-order chi connectivity index (χ0) is 20.0. The molecule has 0 atom stereocenters. The molecule has 4 aromatic rings. The van der Waals surface area contributed by atoms with E-state index in [-0.39, 0.29) is 0 Å². The molecule has 5 rings (SSSR count). The van der Waals surface area contributed by atoms with Gasteiger partial charge in [-0.3, -0.25) is 0 Å². The first-order valence-electron chi connectivity index (χ1n) is 9.60. The number of aromatic nitrogens is 2. The van der Waals surface area contributed by atoms with Gasteiger partial charge in [0, 0.05) is 31.6 Å². The molecule has 4 heterocycles. The van der Waals surface area contributed by atoms with E-state index >= 15 is 0 Å². The van der Waals surface area contributed by atoms with Crippen molar-refractivity contribution in [2.45, 2.75) is 6.92 Å². The van der Waals surface area contributed by atoms with Crippen molar-refractivity contribution in [1.82, 2.24) is 14.9 Å². The van der Waals surface area contributed by atoms with E-state index in [1.54, 1.807) is 12.1 Å². The number of pyridine rings is 1. The topological polar surface area (TPSA) is 62.5 Å². The summed E-state index contributed by atoms with van der Waals surface area (Å²) in [6.45, 7) is 7.10. The number of likely N-dealkylation sites (N-methyl/N-ethyl adjacent to an activating group) is 1. The van der Waals surface area contributed by atoms with Crippen LogP contribution in [0.4, 0.5) is 5.82 Å². The molecule has 1 aliphatic rings. The number of thiazole rings is 1. The third-order valence-electron chi connectivity index (χ3n) is 5.33. The van der Waals surface area contributed by atoms with Gasteiger partial charge in [-0.1, -0.05) is 24.6 Å². The standard InChI is InChI=1S/C21H19ClN4O2S/c1-2-25-8-10-26(11-9-25)17-7-6-13-12-14(21(27)28-19(13)23-17)20-24-18-15(22)4-3-5-16(18)29-20/h3-7,12H,2,8-11H2,1H3. The smallest absolute Gasteiger partial charge is 0.347 e. The first-order chi connectivity index (χ1) is 14.1. The fourth-order valence-electron chi connectivity index (χ4n) is 3.64. The summed E-state index contributed by atoms with van der Waals surface area (Å²) in [6.07, 6.45) is 0. The molecule has 0 spiro atoms. The highest BCUT2D eigenvalue weighted by Crippen LogP contribution is 2.33. The van der Waals surface area contributed by atoms with Crippen LogP contribution in [0.1, 0.15) is 6.92 Å². The molecule has 0 N–H and O–H groups in total. The molecule has 1 saturated heterocycles. The average Bonchev–Trinajstić information content (AvgIpc) is 3.18. The van der Waals surface area contributed by atoms with Crippen LogP contribution in [0.5, 0.6) is 0 Å². The van der Waals surface area contributed by atoms with Crippen LogP contribution >= 0.6 is 22.9 Å². The van der Waals surface area contributed by atoms with Crippen molar-refractivity contribution >= 4 is 50.1 Å². The number of rotatable bonds is 3. The van der Waals surface area contributed by atoms with Crippen molar-refractivity contribution in [3.8, 4) is 10.6 Å². The second-order valence-corrected chi connectivity index (χ2v) is 8.48. The Balaban J connectivity index is 1.51. The number of hydrogen-bond donors (Lipinski definition) is 0. The van der Waals surface area contributed by atoms with E-state index in [0.29, 0.717) is 26.8 Å². The van der Waals surface area contributed by atoms with Gasteiger partial charge in [-0.05, 0) is 36.9 Å². The molecular formula is C21H19ClN4O2S. The molecule has 1 aromatic carbocycles. The highest BCUT2D eigenvalue weighted by Gasteiger charge is 2.19. The van der Waals surface area contributed by atoms with E-state index in [1.165, 1.54) is 11.3 Å². The summed E-state index contributed by atoms with van der Waals surface area (Å²) in [5, 5.41) is 1.95. The van der Waals surface area contributed by atoms with Crippen LogP contribution < -0.4 is 10.5 Å². The summed E-state index contributed by atoms with van der Waals surface area (Å²) in [6, 6.07) is 11.4. The number of hydrogen-bond acceptors (Lipinski definition) is 7. The Bertz CT molecular complexity index is 1260. The molecule has 0 aliphatic carbocycles. The Hall–Kier alpha value is -2.48. The van der Waals surface area contributed by atoms with Gasteiger partial charge in [0.2, 0.25) is 5.71 Å². The molecule has 0 bridgehead atoms. The lowest BCUT2D eigenvalue weighted by Gasteiger charge is -2.34. The maximum atomic E-state index is 12.7. The van der Waals surface area contributed by atoms with Crippen molar-refractivity contribution < 1.29 is 4.42 Å². The summed E-state index contributed by atoms with van der Waals surface area (Å²) in [5.74, 6) is 0.843. The second-order valence-electron chi connectivity index (χ2n) is 7.04. The highest BCUT2D eigenvalue weighted by molar-refractivity contribution is 7.21. The zero-order valence-electron chi connectivity index (χ0n) is 15.9. The fourth-order valence-corrected chi connectivity index (χ4v) is 4.91. The monoisotopic (exact) mass is 426 g/mol. The Morgan fingerprint density at radius 2 is 1.97 bits per heavy atom. The van der Waals surface area contributed by atoms with Crippen LogP contribution in [0, 0.1) is 0 Å². The van der Waals surface area contributed by atoms with Gasteiger partial charge >= 0.3 is 5.63 Å². The molecule has 8 heteroatoms. The minimum absolute atomic E-state index is 0.355. The predicted octanol–water partition coefficient (Wildman–Crippen LogP) is 4.26. The van der Waals surface area contributed by atoms with Gasteiger partial charge in [-0.2, -0.15) is 4.98 Å². The Kier molecular flexibility index (Phi) is 4.73. The van der Waals surface area contributed by atoms with Gasteiger partial charge < -0.3 is 14.2 Å². The molecule has 148 valence electrons. The summed E-state index contributed by atoms with van der Waals surface area (Å²) >= 11 is 7.65. The van der Waals surface area contributed by atoms with Gasteiger partial charge in [0.25, 0.3) is 0 Å². The molecule has 1 aliphatic heterocycles. The molecule has 3 aromatic heterocycles. The number of fused-ring (bicyclic) bond motifs is 2. The summed E-state index contributed by atoms with van der Waals surface area (Å²) < 4.78 is 6.51. The van der Waals surface area contributed by atoms with Gasteiger partial charge in [-0.15, -0.1) is 11.3 Å². The van der Waals surface area contributed by atoms with E-state index in [9.17, 15) is 4.79 Å². The van der Waals surface area contributed by atoms with Gasteiger partial charge in [0.15, 0.2) is 0 Å². The normalized spacial score (nSPS) is 15.4. The summed E-state index contributed by atoms with van der Waals surface area (Å²) in [7, 11) is 0. The van der Waals surface area contributed by atoms with Crippen molar-refractivity contribution in [2.75, 3.05) is 37.6 Å². The van der Waals surface area contributed by atoms with Crippen molar-refractivity contribution in [3.63, 3.8) is 0 Å². The molecule has 1 fully saturated rings. The first kappa shape index (κ1) is 18.5. The van der Waals surface area contributed by atoms with E-state index in [1.807, 2.05) is 24.3 Å². The third kappa shape index (κ3) is 3.39. The van der Waals surface area contributed by atoms with E-state index in [2.05, 4.69) is 26.7 Å². The van der Waals surface area contributed by atoms with Crippen LogP contribution in [0.15, 0.2) is 45.6 Å². The predicted molar refractivity (Wildman–Crippen MR) is 118 cm³/mol. The molecule has 0 amide bonds. The number of piperazine rings is 1. The SMILES string of the molecule is CCN1CCN(c2ccc3cc(-c4nc5c(Cl)cccc5s4)c(=O)oc3n2)CC1. The van der Waals surface area contributed by atoms with Crippen LogP contribution in [0.2, 0.25) is 5.02 Å². The number of para-hydroxylation sites is 1. The second kappa shape index (κ2) is 7.40. The van der Waals surface area contributed by atoms with Crippen LogP contribution in [0.3, 0.4) is 0 Å². The van der Waals surface area contributed by atoms with Gasteiger partial charge in [0.1, 0.15) is 16.3 Å². The molecule has 6 nitrogen and oxygen atoms in total. The lowest BCUT2D eigenvalue weighted by atomic mass is 10.2.